The topological polar surface area (TPSA) is 111 Å². The molecular formula is C42H81NO8. The molecule has 0 N–H and O–H groups in total. The molecule has 0 rings (SSSR count). The van der Waals surface area contributed by atoms with Crippen LogP contribution in [0, 0.1) is 0 Å². The summed E-state index contributed by atoms with van der Waals surface area (Å²) in [7, 11) is 5.90. The Morgan fingerprint density at radius 3 is 1.25 bits per heavy atom. The van der Waals surface area contributed by atoms with Crippen LogP contribution >= 0.6 is 0 Å². The summed E-state index contributed by atoms with van der Waals surface area (Å²) in [4.78, 5) is 36.7. The highest BCUT2D eigenvalue weighted by atomic mass is 16.7. The van der Waals surface area contributed by atoms with Gasteiger partial charge in [0.1, 0.15) is 13.2 Å². The average molecular weight is 728 g/mol. The summed E-state index contributed by atoms with van der Waals surface area (Å²) in [5, 5.41) is 11.6. The van der Waals surface area contributed by atoms with Gasteiger partial charge in [0.2, 0.25) is 0 Å². The van der Waals surface area contributed by atoms with Crippen LogP contribution in [0.2, 0.25) is 0 Å². The number of aliphatic carboxylic acids is 1. The summed E-state index contributed by atoms with van der Waals surface area (Å²) >= 11 is 0. The molecule has 0 aromatic rings. The van der Waals surface area contributed by atoms with Crippen molar-refractivity contribution in [3.63, 3.8) is 0 Å². The minimum Gasteiger partial charge on any atom is -0.545 e. The molecule has 9 heteroatoms. The molecule has 0 saturated heterocycles. The summed E-state index contributed by atoms with van der Waals surface area (Å²) in [5.74, 6) is -2.28. The van der Waals surface area contributed by atoms with Crippen LogP contribution in [-0.2, 0) is 33.3 Å². The number of quaternary nitrogens is 1. The van der Waals surface area contributed by atoms with Crippen molar-refractivity contribution in [3.05, 3.63) is 0 Å². The minimum absolute atomic E-state index is 0.152. The number of ether oxygens (including phenoxy) is 4. The molecular weight excluding hydrogens is 646 g/mol. The number of carboxylic acid groups (broad SMARTS) is 1. The molecule has 0 heterocycles. The molecule has 0 aliphatic heterocycles. The first kappa shape index (κ1) is 49.3. The van der Waals surface area contributed by atoms with Gasteiger partial charge in [0, 0.05) is 12.8 Å². The van der Waals surface area contributed by atoms with E-state index in [4.69, 9.17) is 18.9 Å². The highest BCUT2D eigenvalue weighted by Crippen LogP contribution is 2.16. The minimum atomic E-state index is -1.61. The maximum Gasteiger partial charge on any atom is 0.306 e. The third kappa shape index (κ3) is 36.4. The van der Waals surface area contributed by atoms with Gasteiger partial charge in [0.15, 0.2) is 12.4 Å². The van der Waals surface area contributed by atoms with E-state index in [-0.39, 0.29) is 32.2 Å². The summed E-state index contributed by atoms with van der Waals surface area (Å²) in [5.41, 5.74) is 0. The first-order valence-corrected chi connectivity index (χ1v) is 21.2. The molecule has 9 nitrogen and oxygen atoms in total. The van der Waals surface area contributed by atoms with Crippen molar-refractivity contribution in [1.82, 2.24) is 0 Å². The second kappa shape index (κ2) is 35.3. The van der Waals surface area contributed by atoms with E-state index in [0.29, 0.717) is 17.4 Å². The molecule has 0 bridgehead atoms. The van der Waals surface area contributed by atoms with Crippen LogP contribution in [0.4, 0.5) is 0 Å². The number of carbonyl (C=O) groups excluding carboxylic acids is 3. The summed E-state index contributed by atoms with van der Waals surface area (Å²) in [6.45, 7) is 4.71. The number of hydrogen-bond acceptors (Lipinski definition) is 8. The molecule has 302 valence electrons. The number of nitrogens with zero attached hydrogens (tertiary/aromatic N) is 1. The smallest absolute Gasteiger partial charge is 0.306 e. The van der Waals surface area contributed by atoms with Crippen molar-refractivity contribution in [1.29, 1.82) is 0 Å². The largest absolute Gasteiger partial charge is 0.545 e. The second-order valence-corrected chi connectivity index (χ2v) is 15.6. The van der Waals surface area contributed by atoms with Crippen molar-refractivity contribution < 1.29 is 42.9 Å². The number of rotatable bonds is 39. The van der Waals surface area contributed by atoms with Crippen LogP contribution in [0.1, 0.15) is 194 Å². The number of esters is 2. The molecule has 2 atom stereocenters. The molecule has 0 amide bonds. The van der Waals surface area contributed by atoms with E-state index in [1.54, 1.807) is 0 Å². The quantitative estimate of drug-likeness (QED) is 0.0267. The fraction of sp³-hybridized carbons (Fsp3) is 0.929. The predicted octanol–water partition coefficient (Wildman–Crippen LogP) is 9.22. The molecule has 0 aliphatic rings. The van der Waals surface area contributed by atoms with Crippen molar-refractivity contribution >= 4 is 17.9 Å². The fourth-order valence-electron chi connectivity index (χ4n) is 6.01. The lowest BCUT2D eigenvalue weighted by Gasteiger charge is -2.26. The Hall–Kier alpha value is -1.71. The van der Waals surface area contributed by atoms with Gasteiger partial charge >= 0.3 is 11.9 Å². The lowest BCUT2D eigenvalue weighted by atomic mass is 10.0. The molecule has 0 radical (unpaired) electrons. The SMILES string of the molecule is CCCCCCCCCCCCCCCCCCCCCC(=O)OC(COC(=O)CCCCCCCCC)COC(OCC[N+](C)(C)C)C(=O)[O-]. The van der Waals surface area contributed by atoms with E-state index in [1.165, 1.54) is 128 Å². The van der Waals surface area contributed by atoms with Gasteiger partial charge in [-0.1, -0.05) is 168 Å². The maximum atomic E-state index is 12.7. The first-order valence-electron chi connectivity index (χ1n) is 21.2. The fourth-order valence-corrected chi connectivity index (χ4v) is 6.01. The Morgan fingerprint density at radius 1 is 0.510 bits per heavy atom. The molecule has 0 fully saturated rings. The van der Waals surface area contributed by atoms with Gasteiger partial charge in [0.25, 0.3) is 0 Å². The molecule has 2 unspecified atom stereocenters. The van der Waals surface area contributed by atoms with Crippen LogP contribution in [-0.4, -0.2) is 82.3 Å². The Labute approximate surface area is 313 Å². The maximum absolute atomic E-state index is 12.7. The molecule has 0 aromatic carbocycles. The Morgan fingerprint density at radius 2 is 0.882 bits per heavy atom. The van der Waals surface area contributed by atoms with Gasteiger partial charge in [0.05, 0.1) is 40.3 Å². The highest BCUT2D eigenvalue weighted by molar-refractivity contribution is 5.70. The van der Waals surface area contributed by atoms with Crippen molar-refractivity contribution in [2.24, 2.45) is 0 Å². The van der Waals surface area contributed by atoms with E-state index in [2.05, 4.69) is 13.8 Å². The third-order valence-corrected chi connectivity index (χ3v) is 9.35. The zero-order valence-corrected chi connectivity index (χ0v) is 34.0. The number of carbonyl (C=O) groups is 3. The van der Waals surface area contributed by atoms with Crippen LogP contribution in [0.15, 0.2) is 0 Å². The Balaban J connectivity index is 4.30. The van der Waals surface area contributed by atoms with Gasteiger partial charge in [-0.25, -0.2) is 0 Å². The van der Waals surface area contributed by atoms with Crippen molar-refractivity contribution in [3.8, 4) is 0 Å². The highest BCUT2D eigenvalue weighted by Gasteiger charge is 2.21. The monoisotopic (exact) mass is 728 g/mol. The van der Waals surface area contributed by atoms with Gasteiger partial charge in [-0.05, 0) is 12.8 Å². The van der Waals surface area contributed by atoms with Crippen molar-refractivity contribution in [2.75, 3.05) is 47.5 Å². The zero-order chi connectivity index (χ0) is 37.8. The molecule has 0 saturated carbocycles. The van der Waals surface area contributed by atoms with Gasteiger partial charge in [-0.2, -0.15) is 0 Å². The van der Waals surface area contributed by atoms with Crippen LogP contribution in [0.3, 0.4) is 0 Å². The van der Waals surface area contributed by atoms with Crippen LogP contribution in [0.25, 0.3) is 0 Å². The molecule has 51 heavy (non-hydrogen) atoms. The first-order chi connectivity index (χ1) is 24.6. The number of hydrogen-bond donors (Lipinski definition) is 0. The van der Waals surface area contributed by atoms with Crippen molar-refractivity contribution in [2.45, 2.75) is 206 Å². The number of unbranched alkanes of at least 4 members (excludes halogenated alkanes) is 24. The van der Waals surface area contributed by atoms with Gasteiger partial charge in [-0.3, -0.25) is 9.59 Å². The average Bonchev–Trinajstić information content (AvgIpc) is 3.08. The summed E-state index contributed by atoms with van der Waals surface area (Å²) < 4.78 is 22.4. The van der Waals surface area contributed by atoms with Crippen LogP contribution < -0.4 is 5.11 Å². The molecule has 0 aromatic heterocycles. The van der Waals surface area contributed by atoms with Gasteiger partial charge in [-0.15, -0.1) is 0 Å². The normalized spacial score (nSPS) is 12.9. The lowest BCUT2D eigenvalue weighted by molar-refractivity contribution is -0.870. The lowest BCUT2D eigenvalue weighted by Crippen LogP contribution is -2.44. The molecule has 0 spiro atoms. The number of carboxylic acids is 1. The second-order valence-electron chi connectivity index (χ2n) is 15.6. The third-order valence-electron chi connectivity index (χ3n) is 9.35. The summed E-state index contributed by atoms with van der Waals surface area (Å²) in [6, 6.07) is 0. The molecule has 0 aliphatic carbocycles. The Kier molecular flexibility index (Phi) is 34.1. The van der Waals surface area contributed by atoms with E-state index in [9.17, 15) is 19.5 Å². The zero-order valence-electron chi connectivity index (χ0n) is 34.0. The van der Waals surface area contributed by atoms with E-state index >= 15 is 0 Å². The van der Waals surface area contributed by atoms with E-state index in [0.717, 1.165) is 38.5 Å². The predicted molar refractivity (Wildman–Crippen MR) is 205 cm³/mol. The Bertz CT molecular complexity index is 815. The van der Waals surface area contributed by atoms with Crippen LogP contribution in [0.5, 0.6) is 0 Å². The van der Waals surface area contributed by atoms with E-state index < -0.39 is 24.3 Å². The summed E-state index contributed by atoms with van der Waals surface area (Å²) in [6.07, 6.45) is 30.1. The van der Waals surface area contributed by atoms with Gasteiger partial charge < -0.3 is 33.3 Å². The number of likely N-dealkylation sites (N-methyl/N-ethyl adjacent to an activating group) is 1. The van der Waals surface area contributed by atoms with E-state index in [1.807, 2.05) is 21.1 Å². The standard InChI is InChI=1S/C42H81NO8/c1-6-8-10-12-14-15-16-17-18-19-20-21-22-23-24-25-27-29-31-33-40(45)51-38(36-49-39(44)32-30-28-26-13-11-9-7-2)37-50-42(41(46)47)48-35-34-43(3,4)5/h38,42H,6-37H2,1-5H3.